The van der Waals surface area contributed by atoms with Crippen molar-refractivity contribution in [2.24, 2.45) is 0 Å². The molecule has 10 nitrogen and oxygen atoms in total. The number of aromatic hydroxyl groups is 1. The van der Waals surface area contributed by atoms with Crippen LogP contribution in [0, 0.1) is 0 Å². The molecule has 2 aromatic rings. The Morgan fingerprint density at radius 1 is 1.39 bits per heavy atom. The maximum Gasteiger partial charge on any atom is 0.270 e. The monoisotopic (exact) mass is 340 g/mol. The van der Waals surface area contributed by atoms with Crippen molar-refractivity contribution in [3.8, 4) is 5.75 Å². The van der Waals surface area contributed by atoms with E-state index in [1.165, 1.54) is 17.4 Å². The van der Waals surface area contributed by atoms with Crippen LogP contribution in [0.2, 0.25) is 0 Å². The minimum atomic E-state index is -3.78. The summed E-state index contributed by atoms with van der Waals surface area (Å²) in [5.74, 6) is -1.22. The average Bonchev–Trinajstić information content (AvgIpc) is 2.99. The van der Waals surface area contributed by atoms with Crippen molar-refractivity contribution in [2.45, 2.75) is 24.8 Å². The number of phenolic OH excluding ortho intramolecular Hbond substituents is 1. The summed E-state index contributed by atoms with van der Waals surface area (Å²) in [5, 5.41) is 24.6. The summed E-state index contributed by atoms with van der Waals surface area (Å²) in [6.45, 7) is 3.45. The Kier molecular flexibility index (Phi) is 4.61. The summed E-state index contributed by atoms with van der Waals surface area (Å²) in [6, 6.07) is 3.21. The first-order chi connectivity index (χ1) is 10.7. The minimum Gasteiger partial charge on any atom is -0.507 e. The van der Waals surface area contributed by atoms with Crippen LogP contribution < -0.4 is 5.32 Å². The van der Waals surface area contributed by atoms with Gasteiger partial charge in [-0.3, -0.25) is 10.1 Å². The molecule has 0 atom stereocenters. The molecule has 0 unspecified atom stereocenters. The Labute approximate surface area is 132 Å². The van der Waals surface area contributed by atoms with Crippen LogP contribution in [0.1, 0.15) is 24.2 Å². The molecule has 11 heteroatoms. The van der Waals surface area contributed by atoms with E-state index < -0.39 is 15.9 Å². The molecule has 0 aliphatic heterocycles. The van der Waals surface area contributed by atoms with Crippen LogP contribution in [-0.2, 0) is 10.0 Å². The maximum atomic E-state index is 12.4. The first kappa shape index (κ1) is 16.8. The average molecular weight is 340 g/mol. The third-order valence-electron chi connectivity index (χ3n) is 3.19. The molecule has 1 aromatic heterocycles. The van der Waals surface area contributed by atoms with Crippen molar-refractivity contribution in [3.05, 3.63) is 23.8 Å². The first-order valence-electron chi connectivity index (χ1n) is 6.59. The molecule has 0 radical (unpaired) electrons. The van der Waals surface area contributed by atoms with E-state index in [1.807, 2.05) is 0 Å². The number of anilines is 1. The fraction of sp³-hybridized carbons (Fsp3) is 0.333. The Balaban J connectivity index is 2.38. The predicted octanol–water partition coefficient (Wildman–Crippen LogP) is 0.186. The van der Waals surface area contributed by atoms with Crippen LogP contribution in [0.25, 0.3) is 0 Å². The molecule has 0 aliphatic rings. The van der Waals surface area contributed by atoms with Gasteiger partial charge in [-0.15, -0.1) is 5.10 Å². The third kappa shape index (κ3) is 3.46. The van der Waals surface area contributed by atoms with E-state index >= 15 is 0 Å². The maximum absolute atomic E-state index is 12.4. The van der Waals surface area contributed by atoms with Gasteiger partial charge in [0.1, 0.15) is 5.75 Å². The number of carbonyl (C=O) groups is 1. The second kappa shape index (κ2) is 6.30. The number of sulfonamides is 1. The van der Waals surface area contributed by atoms with Gasteiger partial charge < -0.3 is 5.11 Å². The lowest BCUT2D eigenvalue weighted by atomic mass is 10.2. The van der Waals surface area contributed by atoms with Gasteiger partial charge in [0.15, 0.2) is 0 Å². The largest absolute Gasteiger partial charge is 0.507 e. The van der Waals surface area contributed by atoms with Crippen LogP contribution >= 0.6 is 0 Å². The van der Waals surface area contributed by atoms with Crippen LogP contribution in [0.5, 0.6) is 5.75 Å². The van der Waals surface area contributed by atoms with Crippen LogP contribution in [0.15, 0.2) is 23.1 Å². The van der Waals surface area contributed by atoms with Gasteiger partial charge in [-0.2, -0.15) is 9.52 Å². The van der Waals surface area contributed by atoms with Crippen molar-refractivity contribution >= 4 is 21.9 Å². The van der Waals surface area contributed by atoms with Crippen LogP contribution in [-0.4, -0.2) is 57.5 Å². The highest BCUT2D eigenvalue weighted by Gasteiger charge is 2.25. The number of hydrogen-bond donors (Lipinski definition) is 3. The van der Waals surface area contributed by atoms with E-state index in [1.54, 1.807) is 13.8 Å². The lowest BCUT2D eigenvalue weighted by Crippen LogP contribution is -2.33. The number of benzene rings is 1. The van der Waals surface area contributed by atoms with Gasteiger partial charge in [-0.25, -0.2) is 8.42 Å². The number of aromatic nitrogens is 4. The van der Waals surface area contributed by atoms with Gasteiger partial charge >= 0.3 is 0 Å². The Morgan fingerprint density at radius 3 is 2.65 bits per heavy atom. The Bertz CT molecular complexity index is 803. The second-order valence-electron chi connectivity index (χ2n) is 4.98. The van der Waals surface area contributed by atoms with E-state index in [0.29, 0.717) is 0 Å². The molecule has 0 bridgehead atoms. The number of phenols is 1. The Morgan fingerprint density at radius 2 is 2.09 bits per heavy atom. The van der Waals surface area contributed by atoms with Crippen molar-refractivity contribution in [2.75, 3.05) is 12.4 Å². The molecule has 1 amide bonds. The van der Waals surface area contributed by atoms with Crippen LogP contribution in [0.3, 0.4) is 0 Å². The molecule has 2 rings (SSSR count). The molecule has 0 saturated heterocycles. The quantitative estimate of drug-likeness (QED) is 0.705. The molecular weight excluding hydrogens is 324 g/mol. The molecule has 0 fully saturated rings. The summed E-state index contributed by atoms with van der Waals surface area (Å²) in [4.78, 5) is 12.0. The number of hydrogen-bond acceptors (Lipinski definition) is 7. The zero-order valence-corrected chi connectivity index (χ0v) is 13.5. The number of nitrogens with one attached hydrogen (secondary N) is 2. The smallest absolute Gasteiger partial charge is 0.270 e. The highest BCUT2D eigenvalue weighted by Crippen LogP contribution is 2.24. The van der Waals surface area contributed by atoms with Crippen molar-refractivity contribution in [3.63, 3.8) is 0 Å². The summed E-state index contributed by atoms with van der Waals surface area (Å²) in [5.41, 5.74) is -0.215. The van der Waals surface area contributed by atoms with E-state index in [-0.39, 0.29) is 28.2 Å². The van der Waals surface area contributed by atoms with Crippen molar-refractivity contribution < 1.29 is 18.3 Å². The number of H-pyrrole nitrogens is 1. The molecule has 0 spiro atoms. The van der Waals surface area contributed by atoms with E-state index in [2.05, 4.69) is 25.9 Å². The lowest BCUT2D eigenvalue weighted by molar-refractivity contribution is 0.102. The molecule has 1 aromatic carbocycles. The van der Waals surface area contributed by atoms with E-state index in [0.717, 1.165) is 12.1 Å². The highest BCUT2D eigenvalue weighted by molar-refractivity contribution is 7.89. The summed E-state index contributed by atoms with van der Waals surface area (Å²) >= 11 is 0. The molecular formula is C12H16N6O4S. The number of tetrazole rings is 1. The van der Waals surface area contributed by atoms with Crippen LogP contribution in [0.4, 0.5) is 5.95 Å². The molecule has 3 N–H and O–H groups in total. The van der Waals surface area contributed by atoms with Gasteiger partial charge in [-0.05, 0) is 37.3 Å². The molecule has 23 heavy (non-hydrogen) atoms. The lowest BCUT2D eigenvalue weighted by Gasteiger charge is -2.21. The molecule has 124 valence electrons. The van der Waals surface area contributed by atoms with Gasteiger partial charge in [-0.1, -0.05) is 5.10 Å². The number of carbonyl (C=O) groups excluding carboxylic acids is 1. The zero-order chi connectivity index (χ0) is 17.2. The summed E-state index contributed by atoms with van der Waals surface area (Å²) in [6.07, 6.45) is 0. The minimum absolute atomic E-state index is 0.0954. The van der Waals surface area contributed by atoms with Gasteiger partial charge in [0.25, 0.3) is 11.9 Å². The van der Waals surface area contributed by atoms with E-state index in [9.17, 15) is 18.3 Å². The number of amides is 1. The predicted molar refractivity (Wildman–Crippen MR) is 80.3 cm³/mol. The zero-order valence-electron chi connectivity index (χ0n) is 12.7. The summed E-state index contributed by atoms with van der Waals surface area (Å²) < 4.78 is 26.1. The topological polar surface area (TPSA) is 141 Å². The SMILES string of the molecule is CC(C)N(C)S(=O)(=O)c1ccc(O)c(C(=O)Nc2nn[nH]n2)c1. The number of nitrogens with zero attached hydrogens (tertiary/aromatic N) is 4. The Hall–Kier alpha value is -2.53. The fourth-order valence-corrected chi connectivity index (χ4v) is 3.08. The van der Waals surface area contributed by atoms with Crippen molar-refractivity contribution in [1.29, 1.82) is 0 Å². The van der Waals surface area contributed by atoms with Gasteiger partial charge in [0, 0.05) is 13.1 Å². The molecule has 0 saturated carbocycles. The van der Waals surface area contributed by atoms with Gasteiger partial charge in [0.05, 0.1) is 10.5 Å². The first-order valence-corrected chi connectivity index (χ1v) is 8.03. The van der Waals surface area contributed by atoms with Gasteiger partial charge in [0.2, 0.25) is 10.0 Å². The highest BCUT2D eigenvalue weighted by atomic mass is 32.2. The number of rotatable bonds is 5. The number of aromatic amines is 1. The van der Waals surface area contributed by atoms with E-state index in [4.69, 9.17) is 0 Å². The second-order valence-corrected chi connectivity index (χ2v) is 6.98. The standard InChI is InChI=1S/C12H16N6O4S/c1-7(2)18(3)23(21,22)8-4-5-10(19)9(6-8)11(20)13-12-14-16-17-15-12/h4-7,19H,1-3H3,(H2,13,14,15,16,17,20). The van der Waals surface area contributed by atoms with Crippen molar-refractivity contribution in [1.82, 2.24) is 24.9 Å². The normalized spacial score (nSPS) is 11.9. The fourth-order valence-electron chi connectivity index (χ4n) is 1.68. The summed E-state index contributed by atoms with van der Waals surface area (Å²) in [7, 11) is -2.34. The molecule has 0 aliphatic carbocycles. The molecule has 1 heterocycles. The third-order valence-corrected chi connectivity index (χ3v) is 5.22.